The quantitative estimate of drug-likeness (QED) is 0.438. The number of fused-ring (bicyclic) bond motifs is 2. The van der Waals surface area contributed by atoms with Crippen LogP contribution in [0.15, 0.2) is 17.3 Å². The van der Waals surface area contributed by atoms with Gasteiger partial charge < -0.3 is 10.1 Å². The minimum absolute atomic E-state index is 0.114. The van der Waals surface area contributed by atoms with Gasteiger partial charge in [0.1, 0.15) is 5.56 Å². The molecule has 0 radical (unpaired) electrons. The summed E-state index contributed by atoms with van der Waals surface area (Å²) in [5.41, 5.74) is -0.297. The molecule has 7 nitrogen and oxygen atoms in total. The molecule has 0 aromatic carbocycles. The zero-order valence-electron chi connectivity index (χ0n) is 20.1. The number of amides is 1. The average molecular weight is 443 g/mol. The summed E-state index contributed by atoms with van der Waals surface area (Å²) in [6.07, 6.45) is 14.4. The molecule has 3 rings (SSSR count). The van der Waals surface area contributed by atoms with Gasteiger partial charge in [0.05, 0.1) is 18.3 Å². The third kappa shape index (κ3) is 6.32. The van der Waals surface area contributed by atoms with Gasteiger partial charge in [-0.1, -0.05) is 33.1 Å². The second kappa shape index (κ2) is 10.5. The van der Waals surface area contributed by atoms with E-state index in [1.807, 2.05) is 0 Å². The van der Waals surface area contributed by atoms with Gasteiger partial charge in [-0.3, -0.25) is 4.79 Å². The van der Waals surface area contributed by atoms with E-state index >= 15 is 0 Å². The minimum atomic E-state index is -0.723. The molecule has 1 heterocycles. The first-order chi connectivity index (χ1) is 15.2. The number of carbonyl (C=O) groups excluding carboxylic acids is 2. The van der Waals surface area contributed by atoms with Crippen molar-refractivity contribution in [2.24, 2.45) is 28.7 Å². The maximum Gasteiger partial charge on any atom is 0.258 e. The smallest absolute Gasteiger partial charge is 0.258 e. The van der Waals surface area contributed by atoms with Gasteiger partial charge in [0, 0.05) is 12.2 Å². The number of aliphatic imine (C=N–C) groups is 1. The van der Waals surface area contributed by atoms with Crippen molar-refractivity contribution in [3.05, 3.63) is 17.8 Å². The summed E-state index contributed by atoms with van der Waals surface area (Å²) in [5, 5.41) is 7.57. The third-order valence-corrected chi connectivity index (χ3v) is 6.73. The van der Waals surface area contributed by atoms with E-state index in [-0.39, 0.29) is 11.9 Å². The van der Waals surface area contributed by atoms with Crippen LogP contribution in [0.2, 0.25) is 0 Å². The first-order valence-corrected chi connectivity index (χ1v) is 12.0. The number of rotatable bonds is 9. The molecule has 32 heavy (non-hydrogen) atoms. The van der Waals surface area contributed by atoms with Crippen LogP contribution in [0.25, 0.3) is 6.20 Å². The van der Waals surface area contributed by atoms with Crippen molar-refractivity contribution in [2.75, 3.05) is 6.61 Å². The van der Waals surface area contributed by atoms with Crippen molar-refractivity contribution >= 4 is 18.2 Å². The van der Waals surface area contributed by atoms with Crippen LogP contribution in [-0.2, 0) is 4.79 Å². The molecule has 3 unspecified atom stereocenters. The summed E-state index contributed by atoms with van der Waals surface area (Å²) in [7, 11) is 0. The summed E-state index contributed by atoms with van der Waals surface area (Å²) < 4.78 is 7.52. The highest BCUT2D eigenvalue weighted by molar-refractivity contribution is 5.96. The van der Waals surface area contributed by atoms with Crippen molar-refractivity contribution in [3.63, 3.8) is 0 Å². The number of hydrogen-bond acceptors (Lipinski definition) is 5. The molecule has 1 N–H and O–H groups in total. The molecule has 0 saturated heterocycles. The van der Waals surface area contributed by atoms with Gasteiger partial charge in [-0.05, 0) is 69.8 Å². The van der Waals surface area contributed by atoms with Crippen LogP contribution in [0.1, 0.15) is 83.5 Å². The van der Waals surface area contributed by atoms with E-state index in [1.54, 1.807) is 38.4 Å². The molecule has 176 valence electrons. The number of isocyanates is 1. The highest BCUT2D eigenvalue weighted by Gasteiger charge is 2.35. The Kier molecular flexibility index (Phi) is 7.94. The number of ether oxygens (including phenoxy) is 1. The Labute approximate surface area is 191 Å². The lowest BCUT2D eigenvalue weighted by Crippen LogP contribution is -2.42. The summed E-state index contributed by atoms with van der Waals surface area (Å²) >= 11 is 0. The maximum absolute atomic E-state index is 13.2. The van der Waals surface area contributed by atoms with Crippen LogP contribution in [0, 0.1) is 23.7 Å². The zero-order valence-corrected chi connectivity index (χ0v) is 20.1. The van der Waals surface area contributed by atoms with Gasteiger partial charge in [0.25, 0.3) is 5.91 Å². The molecule has 2 fully saturated rings. The first kappa shape index (κ1) is 24.2. The normalized spacial score (nSPS) is 24.2. The van der Waals surface area contributed by atoms with Crippen LogP contribution in [0.3, 0.4) is 0 Å². The molecular formula is C25H38N4O3. The molecule has 2 bridgehead atoms. The summed E-state index contributed by atoms with van der Waals surface area (Å²) in [6.45, 7) is 10.3. The molecule has 1 aromatic heterocycles. The first-order valence-electron chi connectivity index (χ1n) is 12.0. The summed E-state index contributed by atoms with van der Waals surface area (Å²) in [4.78, 5) is 27.6. The van der Waals surface area contributed by atoms with Crippen LogP contribution < -0.4 is 10.1 Å². The fraction of sp³-hybridized carbons (Fsp3) is 0.720. The van der Waals surface area contributed by atoms with Crippen LogP contribution in [0.5, 0.6) is 5.88 Å². The van der Waals surface area contributed by atoms with E-state index in [2.05, 4.69) is 36.2 Å². The van der Waals surface area contributed by atoms with Crippen LogP contribution in [-0.4, -0.2) is 40.0 Å². The van der Waals surface area contributed by atoms with Crippen molar-refractivity contribution < 1.29 is 14.3 Å². The number of aromatic nitrogens is 2. The lowest BCUT2D eigenvalue weighted by Gasteiger charge is -2.41. The molecule has 2 aliphatic carbocycles. The number of nitrogens with zero attached hydrogens (tertiary/aromatic N) is 3. The van der Waals surface area contributed by atoms with Crippen molar-refractivity contribution in [2.45, 2.75) is 84.7 Å². The Bertz CT molecular complexity index is 855. The summed E-state index contributed by atoms with van der Waals surface area (Å²) in [6, 6.07) is 0.114. The van der Waals surface area contributed by atoms with E-state index in [9.17, 15) is 9.59 Å². The van der Waals surface area contributed by atoms with E-state index in [0.29, 0.717) is 29.9 Å². The van der Waals surface area contributed by atoms with Crippen molar-refractivity contribution in [1.29, 1.82) is 0 Å². The molecule has 1 aromatic rings. The van der Waals surface area contributed by atoms with Crippen molar-refractivity contribution in [1.82, 2.24) is 15.1 Å². The average Bonchev–Trinajstić information content (AvgIpc) is 3.13. The van der Waals surface area contributed by atoms with Gasteiger partial charge in [-0.2, -0.15) is 10.1 Å². The molecule has 0 aliphatic heterocycles. The van der Waals surface area contributed by atoms with E-state index in [4.69, 9.17) is 4.74 Å². The summed E-state index contributed by atoms with van der Waals surface area (Å²) in [5.74, 6) is 2.72. The van der Waals surface area contributed by atoms with Gasteiger partial charge in [-0.25, -0.2) is 9.48 Å². The second-order valence-corrected chi connectivity index (χ2v) is 10.6. The predicted molar refractivity (Wildman–Crippen MR) is 125 cm³/mol. The van der Waals surface area contributed by atoms with Gasteiger partial charge in [0.15, 0.2) is 0 Å². The fourth-order valence-electron chi connectivity index (χ4n) is 5.00. The van der Waals surface area contributed by atoms with Gasteiger partial charge >= 0.3 is 0 Å². The van der Waals surface area contributed by atoms with E-state index in [0.717, 1.165) is 11.8 Å². The van der Waals surface area contributed by atoms with Gasteiger partial charge in [0.2, 0.25) is 12.0 Å². The maximum atomic E-state index is 13.2. The molecule has 2 aliphatic rings. The molecule has 0 spiro atoms. The third-order valence-electron chi connectivity index (χ3n) is 6.73. The Hall–Kier alpha value is -2.40. The molecular weight excluding hydrogens is 404 g/mol. The molecule has 2 saturated carbocycles. The Balaban J connectivity index is 1.74. The minimum Gasteiger partial charge on any atom is -0.477 e. The highest BCUT2D eigenvalue weighted by atomic mass is 16.5. The van der Waals surface area contributed by atoms with Crippen LogP contribution >= 0.6 is 0 Å². The molecule has 7 heteroatoms. The van der Waals surface area contributed by atoms with E-state index < -0.39 is 5.54 Å². The Morgan fingerprint density at radius 1 is 1.31 bits per heavy atom. The lowest BCUT2D eigenvalue weighted by atomic mass is 9.66. The lowest BCUT2D eigenvalue weighted by molar-refractivity contribution is 0.0849. The molecule has 3 atom stereocenters. The number of hydrogen-bond donors (Lipinski definition) is 1. The second-order valence-electron chi connectivity index (χ2n) is 10.6. The predicted octanol–water partition coefficient (Wildman–Crippen LogP) is 4.84. The number of carbonyl (C=O) groups is 1. The highest BCUT2D eigenvalue weighted by Crippen LogP contribution is 2.43. The van der Waals surface area contributed by atoms with Crippen molar-refractivity contribution in [3.8, 4) is 5.88 Å². The number of nitrogens with one attached hydrogen (secondary N) is 1. The monoisotopic (exact) mass is 442 g/mol. The standard InChI is InChI=1S/C25H38N4O3/c1-17(2)15-32-24-22(14-27-29(24)10-9-25(4,5)26-16-30)23(31)28-18(3)21-12-19-7-6-8-20(11-19)13-21/h9-10,14,17-21H,6-8,11-13,15H2,1-5H3,(H,28,31)/b10-9+. The Morgan fingerprint density at radius 2 is 2.00 bits per heavy atom. The fourth-order valence-corrected chi connectivity index (χ4v) is 5.00. The Morgan fingerprint density at radius 3 is 2.62 bits per heavy atom. The SMILES string of the molecule is CC(C)COc1c(C(=O)NC(C)C2CC3CCCC(C3)C2)cnn1/C=C/C(C)(C)N=C=O. The van der Waals surface area contributed by atoms with E-state index in [1.165, 1.54) is 43.2 Å². The molecule has 1 amide bonds. The zero-order chi connectivity index (χ0) is 23.3. The van der Waals surface area contributed by atoms with Crippen LogP contribution in [0.4, 0.5) is 0 Å². The van der Waals surface area contributed by atoms with Gasteiger partial charge in [-0.15, -0.1) is 0 Å². The topological polar surface area (TPSA) is 85.6 Å². The largest absolute Gasteiger partial charge is 0.477 e.